The Kier molecular flexibility index (Phi) is 3.60. The fraction of sp³-hybridized carbons (Fsp3) is 0.533. The molecule has 1 atom stereocenters. The highest BCUT2D eigenvalue weighted by molar-refractivity contribution is 5.70. The Labute approximate surface area is 109 Å². The standard InChI is InChI=1S/C15H21NO2/c1-4-5-6-12-7-9-13(10-8-12)15(2)11-16(3)14(17)18-15/h7-10H,4-6,11H2,1-3H3. The maximum Gasteiger partial charge on any atom is 0.410 e. The fourth-order valence-electron chi connectivity index (χ4n) is 2.38. The van der Waals surface area contributed by atoms with Crippen LogP contribution in [0.2, 0.25) is 0 Å². The monoisotopic (exact) mass is 247 g/mol. The lowest BCUT2D eigenvalue weighted by Gasteiger charge is -2.22. The number of amides is 1. The molecule has 3 heteroatoms. The van der Waals surface area contributed by atoms with Gasteiger partial charge in [0.2, 0.25) is 0 Å². The van der Waals surface area contributed by atoms with Crippen LogP contribution < -0.4 is 0 Å². The Morgan fingerprint density at radius 1 is 1.33 bits per heavy atom. The van der Waals surface area contributed by atoms with Crippen molar-refractivity contribution in [3.63, 3.8) is 0 Å². The average Bonchev–Trinajstić information content (AvgIpc) is 2.62. The van der Waals surface area contributed by atoms with Gasteiger partial charge in [0.25, 0.3) is 0 Å². The maximum absolute atomic E-state index is 11.5. The van der Waals surface area contributed by atoms with Crippen molar-refractivity contribution in [3.05, 3.63) is 35.4 Å². The van der Waals surface area contributed by atoms with E-state index in [-0.39, 0.29) is 6.09 Å². The van der Waals surface area contributed by atoms with Crippen LogP contribution in [-0.2, 0) is 16.8 Å². The lowest BCUT2D eigenvalue weighted by atomic mass is 9.94. The van der Waals surface area contributed by atoms with Crippen LogP contribution in [0.15, 0.2) is 24.3 Å². The van der Waals surface area contributed by atoms with Crippen LogP contribution in [0, 0.1) is 0 Å². The number of rotatable bonds is 4. The highest BCUT2D eigenvalue weighted by Crippen LogP contribution is 2.32. The van der Waals surface area contributed by atoms with Crippen LogP contribution in [-0.4, -0.2) is 24.6 Å². The molecule has 1 aromatic carbocycles. The van der Waals surface area contributed by atoms with E-state index in [9.17, 15) is 4.79 Å². The van der Waals surface area contributed by atoms with E-state index < -0.39 is 5.60 Å². The van der Waals surface area contributed by atoms with Gasteiger partial charge in [-0.05, 0) is 30.9 Å². The number of nitrogens with zero attached hydrogens (tertiary/aromatic N) is 1. The van der Waals surface area contributed by atoms with Crippen molar-refractivity contribution >= 4 is 6.09 Å². The summed E-state index contributed by atoms with van der Waals surface area (Å²) < 4.78 is 5.46. The number of aryl methyl sites for hydroxylation is 1. The number of ether oxygens (including phenoxy) is 1. The number of carbonyl (C=O) groups is 1. The number of carbonyl (C=O) groups excluding carboxylic acids is 1. The van der Waals surface area contributed by atoms with Crippen LogP contribution in [0.25, 0.3) is 0 Å². The molecule has 1 amide bonds. The summed E-state index contributed by atoms with van der Waals surface area (Å²) in [6.45, 7) is 4.78. The third kappa shape index (κ3) is 2.50. The van der Waals surface area contributed by atoms with E-state index in [1.165, 1.54) is 18.4 Å². The first-order valence-electron chi connectivity index (χ1n) is 6.59. The molecule has 1 aromatic rings. The SMILES string of the molecule is CCCCc1ccc(C2(C)CN(C)C(=O)O2)cc1. The van der Waals surface area contributed by atoms with Crippen molar-refractivity contribution in [2.75, 3.05) is 13.6 Å². The summed E-state index contributed by atoms with van der Waals surface area (Å²) in [4.78, 5) is 13.1. The molecule has 1 unspecified atom stereocenters. The van der Waals surface area contributed by atoms with E-state index in [2.05, 4.69) is 31.2 Å². The molecule has 1 aliphatic rings. The third-order valence-corrected chi connectivity index (χ3v) is 3.55. The van der Waals surface area contributed by atoms with Crippen LogP contribution in [0.4, 0.5) is 4.79 Å². The minimum Gasteiger partial charge on any atom is -0.436 e. The Bertz CT molecular complexity index is 427. The topological polar surface area (TPSA) is 29.5 Å². The zero-order chi connectivity index (χ0) is 13.2. The highest BCUT2D eigenvalue weighted by atomic mass is 16.6. The van der Waals surface area contributed by atoms with Gasteiger partial charge in [-0.2, -0.15) is 0 Å². The summed E-state index contributed by atoms with van der Waals surface area (Å²) in [7, 11) is 1.77. The average molecular weight is 247 g/mol. The molecule has 0 aromatic heterocycles. The first-order chi connectivity index (χ1) is 8.55. The van der Waals surface area contributed by atoms with Crippen molar-refractivity contribution in [1.82, 2.24) is 4.90 Å². The molecular formula is C15H21NO2. The van der Waals surface area contributed by atoms with Gasteiger partial charge in [0.05, 0.1) is 6.54 Å². The van der Waals surface area contributed by atoms with Gasteiger partial charge in [-0.25, -0.2) is 4.79 Å². The molecule has 1 saturated heterocycles. The van der Waals surface area contributed by atoms with Gasteiger partial charge in [-0.3, -0.25) is 0 Å². The van der Waals surface area contributed by atoms with E-state index in [1.807, 2.05) is 6.92 Å². The van der Waals surface area contributed by atoms with Gasteiger partial charge in [-0.15, -0.1) is 0 Å². The number of hydrogen-bond donors (Lipinski definition) is 0. The summed E-state index contributed by atoms with van der Waals surface area (Å²) in [6.07, 6.45) is 3.30. The predicted molar refractivity (Wildman–Crippen MR) is 71.5 cm³/mol. The zero-order valence-electron chi connectivity index (χ0n) is 11.4. The van der Waals surface area contributed by atoms with Gasteiger partial charge in [0, 0.05) is 7.05 Å². The smallest absolute Gasteiger partial charge is 0.410 e. The number of likely N-dealkylation sites (N-methyl/N-ethyl adjacent to an activating group) is 1. The van der Waals surface area contributed by atoms with Crippen molar-refractivity contribution in [2.24, 2.45) is 0 Å². The van der Waals surface area contributed by atoms with Gasteiger partial charge < -0.3 is 9.64 Å². The van der Waals surface area contributed by atoms with Crippen LogP contribution >= 0.6 is 0 Å². The van der Waals surface area contributed by atoms with Gasteiger partial charge in [-0.1, -0.05) is 37.6 Å². The summed E-state index contributed by atoms with van der Waals surface area (Å²) in [5.74, 6) is 0. The van der Waals surface area contributed by atoms with Crippen molar-refractivity contribution in [2.45, 2.75) is 38.7 Å². The fourth-order valence-corrected chi connectivity index (χ4v) is 2.38. The van der Waals surface area contributed by atoms with E-state index in [1.54, 1.807) is 11.9 Å². The molecule has 0 spiro atoms. The van der Waals surface area contributed by atoms with E-state index in [0.717, 1.165) is 12.0 Å². The van der Waals surface area contributed by atoms with E-state index in [4.69, 9.17) is 4.74 Å². The van der Waals surface area contributed by atoms with Gasteiger partial charge in [0.1, 0.15) is 0 Å². The summed E-state index contributed by atoms with van der Waals surface area (Å²) in [5.41, 5.74) is 1.91. The molecule has 1 aliphatic heterocycles. The third-order valence-electron chi connectivity index (χ3n) is 3.55. The molecule has 0 N–H and O–H groups in total. The normalized spacial score (nSPS) is 23.3. The summed E-state index contributed by atoms with van der Waals surface area (Å²) in [5, 5.41) is 0. The summed E-state index contributed by atoms with van der Waals surface area (Å²) >= 11 is 0. The molecule has 1 heterocycles. The quantitative estimate of drug-likeness (QED) is 0.816. The number of hydrogen-bond acceptors (Lipinski definition) is 2. The van der Waals surface area contributed by atoms with E-state index in [0.29, 0.717) is 6.54 Å². The van der Waals surface area contributed by atoms with Gasteiger partial charge in [0.15, 0.2) is 5.60 Å². The molecule has 18 heavy (non-hydrogen) atoms. The number of benzene rings is 1. The molecule has 2 rings (SSSR count). The second-order valence-corrected chi connectivity index (χ2v) is 5.26. The molecule has 98 valence electrons. The first-order valence-corrected chi connectivity index (χ1v) is 6.59. The van der Waals surface area contributed by atoms with E-state index >= 15 is 0 Å². The van der Waals surface area contributed by atoms with Crippen LogP contribution in [0.5, 0.6) is 0 Å². The lowest BCUT2D eigenvalue weighted by Crippen LogP contribution is -2.27. The minimum atomic E-state index is -0.505. The molecule has 0 bridgehead atoms. The maximum atomic E-state index is 11.5. The number of unbranched alkanes of at least 4 members (excludes halogenated alkanes) is 1. The molecule has 0 radical (unpaired) electrons. The van der Waals surface area contributed by atoms with Crippen LogP contribution in [0.3, 0.4) is 0 Å². The largest absolute Gasteiger partial charge is 0.436 e. The Hall–Kier alpha value is -1.51. The van der Waals surface area contributed by atoms with Crippen molar-refractivity contribution in [3.8, 4) is 0 Å². The Morgan fingerprint density at radius 2 is 2.00 bits per heavy atom. The van der Waals surface area contributed by atoms with Crippen molar-refractivity contribution in [1.29, 1.82) is 0 Å². The van der Waals surface area contributed by atoms with Crippen LogP contribution in [0.1, 0.15) is 37.8 Å². The predicted octanol–water partition coefficient (Wildman–Crippen LogP) is 3.33. The molecule has 0 aliphatic carbocycles. The number of cyclic esters (lactones) is 1. The molecule has 1 fully saturated rings. The van der Waals surface area contributed by atoms with Crippen molar-refractivity contribution < 1.29 is 9.53 Å². The second-order valence-electron chi connectivity index (χ2n) is 5.26. The lowest BCUT2D eigenvalue weighted by molar-refractivity contribution is 0.0701. The molecule has 3 nitrogen and oxygen atoms in total. The Balaban J connectivity index is 2.12. The first kappa shape index (κ1) is 12.9. The molecule has 0 saturated carbocycles. The summed E-state index contributed by atoms with van der Waals surface area (Å²) in [6, 6.07) is 8.44. The molecular weight excluding hydrogens is 226 g/mol. The zero-order valence-corrected chi connectivity index (χ0v) is 11.4. The highest BCUT2D eigenvalue weighted by Gasteiger charge is 2.40. The van der Waals surface area contributed by atoms with Gasteiger partial charge >= 0.3 is 6.09 Å². The Morgan fingerprint density at radius 3 is 2.50 bits per heavy atom. The second kappa shape index (κ2) is 5.01. The minimum absolute atomic E-state index is 0.243.